The van der Waals surface area contributed by atoms with Gasteiger partial charge >= 0.3 is 12.1 Å². The fraction of sp³-hybridized carbons (Fsp3) is 0.857. The van der Waals surface area contributed by atoms with Gasteiger partial charge in [-0.25, -0.2) is 9.59 Å². The van der Waals surface area contributed by atoms with Gasteiger partial charge in [0.1, 0.15) is 11.6 Å². The van der Waals surface area contributed by atoms with Crippen molar-refractivity contribution in [1.29, 1.82) is 0 Å². The van der Waals surface area contributed by atoms with Crippen LogP contribution in [-0.4, -0.2) is 75.4 Å². The Hall–Kier alpha value is -1.46. The molecule has 0 bridgehead atoms. The molecule has 1 saturated heterocycles. The van der Waals surface area contributed by atoms with Crippen molar-refractivity contribution in [1.82, 2.24) is 10.3 Å². The summed E-state index contributed by atoms with van der Waals surface area (Å²) >= 11 is 0. The van der Waals surface area contributed by atoms with Crippen molar-refractivity contribution < 1.29 is 39.4 Å². The summed E-state index contributed by atoms with van der Waals surface area (Å²) in [5.41, 5.74) is -0.702. The van der Waals surface area contributed by atoms with Crippen molar-refractivity contribution >= 4 is 12.1 Å². The summed E-state index contributed by atoms with van der Waals surface area (Å²) in [6.07, 6.45) is -0.482. The third-order valence-corrected chi connectivity index (χ3v) is 3.17. The highest BCUT2D eigenvalue weighted by Gasteiger charge is 2.41. The maximum absolute atomic E-state index is 12.1. The molecule has 0 aliphatic carbocycles. The van der Waals surface area contributed by atoms with Gasteiger partial charge in [-0.3, -0.25) is 20.2 Å². The van der Waals surface area contributed by atoms with Crippen LogP contribution in [0.1, 0.15) is 40.0 Å². The largest absolute Gasteiger partial charge is 0.464 e. The van der Waals surface area contributed by atoms with Crippen LogP contribution in [0.2, 0.25) is 0 Å². The summed E-state index contributed by atoms with van der Waals surface area (Å²) in [6.45, 7) is 5.31. The second kappa shape index (κ2) is 9.14. The molecule has 1 heterocycles. The summed E-state index contributed by atoms with van der Waals surface area (Å²) in [7, 11) is 0. The Morgan fingerprint density at radius 1 is 1.21 bits per heavy atom. The lowest BCUT2D eigenvalue weighted by Gasteiger charge is -2.27. The molecule has 10 heteroatoms. The van der Waals surface area contributed by atoms with Crippen molar-refractivity contribution in [2.24, 2.45) is 0 Å². The molecule has 1 fully saturated rings. The Morgan fingerprint density at radius 3 is 2.42 bits per heavy atom. The number of unbranched alkanes of at least 4 members (excludes halogenated alkanes) is 1. The average Bonchev–Trinajstić information content (AvgIpc) is 2.82. The van der Waals surface area contributed by atoms with Crippen molar-refractivity contribution in [2.45, 2.75) is 57.8 Å². The van der Waals surface area contributed by atoms with Crippen LogP contribution in [0.15, 0.2) is 0 Å². The number of carbonyl (C=O) groups excluding carboxylic acids is 2. The fourth-order valence-corrected chi connectivity index (χ4v) is 2.18. The van der Waals surface area contributed by atoms with E-state index in [9.17, 15) is 14.7 Å². The Morgan fingerprint density at radius 2 is 1.83 bits per heavy atom. The first-order valence-corrected chi connectivity index (χ1v) is 7.75. The maximum Gasteiger partial charge on any atom is 0.411 e. The van der Waals surface area contributed by atoms with Gasteiger partial charge in [0, 0.05) is 6.42 Å². The van der Waals surface area contributed by atoms with Gasteiger partial charge in [0.05, 0.1) is 31.3 Å². The van der Waals surface area contributed by atoms with E-state index in [4.69, 9.17) is 19.9 Å². The topological polar surface area (TPSA) is 129 Å². The molecular weight excluding hydrogens is 324 g/mol. The standard InChI is InChI=1S/C14H26N2O8/c1-14(2,3)24-13(19)15-9-10(17)8-11(15)12(18)22-6-4-5-7-23-16(20)21/h10-11,17,20-21H,4-9H2,1-3H3/t10-,11+/m1/s1. The average molecular weight is 350 g/mol. The molecule has 0 radical (unpaired) electrons. The first-order valence-electron chi connectivity index (χ1n) is 7.75. The van der Waals surface area contributed by atoms with Crippen molar-refractivity contribution in [3.63, 3.8) is 0 Å². The Labute approximate surface area is 140 Å². The predicted molar refractivity (Wildman–Crippen MR) is 78.9 cm³/mol. The molecule has 140 valence electrons. The molecule has 2 atom stereocenters. The minimum atomic E-state index is -0.878. The lowest BCUT2D eigenvalue weighted by molar-refractivity contribution is -0.492. The van der Waals surface area contributed by atoms with Crippen LogP contribution in [0.3, 0.4) is 0 Å². The lowest BCUT2D eigenvalue weighted by atomic mass is 10.2. The lowest BCUT2D eigenvalue weighted by Crippen LogP contribution is -2.44. The maximum atomic E-state index is 12.1. The minimum absolute atomic E-state index is 0.0192. The van der Waals surface area contributed by atoms with Gasteiger partial charge in [0.15, 0.2) is 0 Å². The van der Waals surface area contributed by atoms with Crippen LogP contribution in [0, 0.1) is 0 Å². The highest BCUT2D eigenvalue weighted by Crippen LogP contribution is 2.22. The number of β-amino-alcohol motifs (C(OH)–C–C–N with tert-alkyl or cyclic N) is 1. The number of carbonyl (C=O) groups is 2. The molecular formula is C14H26N2O8. The number of esters is 1. The second-order valence-electron chi connectivity index (χ2n) is 6.50. The molecule has 0 spiro atoms. The molecule has 1 aliphatic heterocycles. The first-order chi connectivity index (χ1) is 11.1. The molecule has 24 heavy (non-hydrogen) atoms. The Balaban J connectivity index is 2.42. The summed E-state index contributed by atoms with van der Waals surface area (Å²) in [6, 6.07) is -0.878. The minimum Gasteiger partial charge on any atom is -0.464 e. The number of hydrogen-bond acceptors (Lipinski definition) is 9. The van der Waals surface area contributed by atoms with Gasteiger partial charge in [0.2, 0.25) is 0 Å². The third kappa shape index (κ3) is 7.41. The zero-order valence-electron chi connectivity index (χ0n) is 14.2. The number of likely N-dealkylation sites (tertiary alicyclic amines) is 1. The highest BCUT2D eigenvalue weighted by atomic mass is 17.1. The summed E-state index contributed by atoms with van der Waals surface area (Å²) in [5.74, 6) is -0.607. The molecule has 0 aromatic carbocycles. The van der Waals surface area contributed by atoms with E-state index in [1.807, 2.05) is 0 Å². The Kier molecular flexibility index (Phi) is 7.84. The number of aliphatic hydroxyl groups is 1. The van der Waals surface area contributed by atoms with Gasteiger partial charge < -0.3 is 14.6 Å². The SMILES string of the molecule is CC(C)(C)OC(=O)N1C[C@H](O)C[C@H]1C(=O)OCCCCON(O)O. The normalized spacial score (nSPS) is 21.2. The molecule has 1 aliphatic rings. The van der Waals surface area contributed by atoms with Crippen molar-refractivity contribution in [3.8, 4) is 0 Å². The number of aliphatic hydroxyl groups excluding tert-OH is 1. The van der Waals surface area contributed by atoms with Crippen LogP contribution in [0.25, 0.3) is 0 Å². The summed E-state index contributed by atoms with van der Waals surface area (Å²) in [5, 5.41) is 26.0. The third-order valence-electron chi connectivity index (χ3n) is 3.17. The van der Waals surface area contributed by atoms with Crippen LogP contribution < -0.4 is 0 Å². The summed E-state index contributed by atoms with van der Waals surface area (Å²) < 4.78 is 10.3. The van der Waals surface area contributed by atoms with Crippen molar-refractivity contribution in [3.05, 3.63) is 0 Å². The van der Waals surface area contributed by atoms with Crippen LogP contribution in [0.5, 0.6) is 0 Å². The van der Waals surface area contributed by atoms with Gasteiger partial charge in [-0.2, -0.15) is 0 Å². The van der Waals surface area contributed by atoms with Gasteiger partial charge in [-0.05, 0) is 33.6 Å². The highest BCUT2D eigenvalue weighted by molar-refractivity contribution is 5.82. The molecule has 0 aromatic heterocycles. The summed E-state index contributed by atoms with van der Waals surface area (Å²) in [4.78, 5) is 29.8. The van der Waals surface area contributed by atoms with E-state index in [0.717, 1.165) is 0 Å². The molecule has 0 unspecified atom stereocenters. The van der Waals surface area contributed by atoms with Gasteiger partial charge in [-0.1, -0.05) is 0 Å². The smallest absolute Gasteiger partial charge is 0.411 e. The number of rotatable bonds is 7. The number of amides is 1. The predicted octanol–water partition coefficient (Wildman–Crippen LogP) is 0.692. The first kappa shape index (κ1) is 20.6. The van der Waals surface area contributed by atoms with Crippen molar-refractivity contribution in [2.75, 3.05) is 19.8 Å². The van der Waals surface area contributed by atoms with Gasteiger partial charge in [0.25, 0.3) is 0 Å². The van der Waals surface area contributed by atoms with Crippen LogP contribution in [0.4, 0.5) is 4.79 Å². The van der Waals surface area contributed by atoms with E-state index in [-0.39, 0.29) is 31.6 Å². The number of hydrogen-bond donors (Lipinski definition) is 3. The van der Waals surface area contributed by atoms with E-state index in [2.05, 4.69) is 4.84 Å². The van der Waals surface area contributed by atoms with E-state index < -0.39 is 29.8 Å². The van der Waals surface area contributed by atoms with Crippen LogP contribution >= 0.6 is 0 Å². The van der Waals surface area contributed by atoms with Gasteiger partial charge in [-0.15, -0.1) is 0 Å². The molecule has 1 rings (SSSR count). The zero-order chi connectivity index (χ0) is 18.3. The molecule has 10 nitrogen and oxygen atoms in total. The van der Waals surface area contributed by atoms with E-state index in [1.165, 1.54) is 4.90 Å². The molecule has 0 saturated carbocycles. The second-order valence-corrected chi connectivity index (χ2v) is 6.50. The monoisotopic (exact) mass is 350 g/mol. The number of ether oxygens (including phenoxy) is 2. The fourth-order valence-electron chi connectivity index (χ4n) is 2.18. The zero-order valence-corrected chi connectivity index (χ0v) is 14.2. The molecule has 0 aromatic rings. The van der Waals surface area contributed by atoms with E-state index >= 15 is 0 Å². The van der Waals surface area contributed by atoms with E-state index in [0.29, 0.717) is 12.8 Å². The molecule has 1 amide bonds. The van der Waals surface area contributed by atoms with Crippen LogP contribution in [-0.2, 0) is 19.1 Å². The Bertz CT molecular complexity index is 423. The molecule has 3 N–H and O–H groups in total. The number of nitrogens with zero attached hydrogens (tertiary/aromatic N) is 2. The quantitative estimate of drug-likeness (QED) is 0.345. The van der Waals surface area contributed by atoms with E-state index in [1.54, 1.807) is 20.8 Å².